The highest BCUT2D eigenvalue weighted by Gasteiger charge is 2.20. The number of ether oxygens (including phenoxy) is 1. The molecule has 6 nitrogen and oxygen atoms in total. The molecule has 0 fully saturated rings. The van der Waals surface area contributed by atoms with Crippen LogP contribution < -0.4 is 5.32 Å². The van der Waals surface area contributed by atoms with E-state index in [2.05, 4.69) is 38.9 Å². The van der Waals surface area contributed by atoms with Gasteiger partial charge in [0.05, 0.1) is 24.0 Å². The number of carbonyl (C=O) groups is 1. The predicted molar refractivity (Wildman–Crippen MR) is 145 cm³/mol. The molecule has 2 aromatic heterocycles. The quantitative estimate of drug-likeness (QED) is 0.418. The van der Waals surface area contributed by atoms with Crippen molar-refractivity contribution in [2.45, 2.75) is 46.1 Å². The number of aryl methyl sites for hydroxylation is 1. The number of nitrogens with one attached hydrogen (secondary N) is 1. The number of aromatic nitrogens is 2. The predicted octanol–water partition coefficient (Wildman–Crippen LogP) is 6.01. The van der Waals surface area contributed by atoms with Crippen molar-refractivity contribution in [3.63, 3.8) is 0 Å². The number of pyridine rings is 2. The van der Waals surface area contributed by atoms with Gasteiger partial charge in [0.25, 0.3) is 0 Å². The lowest BCUT2D eigenvalue weighted by Crippen LogP contribution is -2.32. The first-order chi connectivity index (χ1) is 17.2. The molecule has 1 aromatic carbocycles. The Kier molecular flexibility index (Phi) is 7.53. The second kappa shape index (κ2) is 10.8. The normalized spacial score (nSPS) is 13.7. The van der Waals surface area contributed by atoms with Crippen molar-refractivity contribution >= 4 is 17.2 Å². The van der Waals surface area contributed by atoms with Crippen LogP contribution in [0.1, 0.15) is 44.1 Å². The number of amides is 1. The smallest absolute Gasteiger partial charge is 0.228 e. The van der Waals surface area contributed by atoms with E-state index in [4.69, 9.17) is 4.74 Å². The Morgan fingerprint density at radius 3 is 2.47 bits per heavy atom. The summed E-state index contributed by atoms with van der Waals surface area (Å²) in [6.07, 6.45) is 6.86. The van der Waals surface area contributed by atoms with E-state index in [0.29, 0.717) is 18.0 Å². The highest BCUT2D eigenvalue weighted by molar-refractivity contribution is 5.92. The van der Waals surface area contributed by atoms with E-state index in [1.807, 2.05) is 76.4 Å². The van der Waals surface area contributed by atoms with Crippen LogP contribution in [0.15, 0.2) is 79.5 Å². The van der Waals surface area contributed by atoms with Gasteiger partial charge in [-0.15, -0.1) is 0 Å². The summed E-state index contributed by atoms with van der Waals surface area (Å²) in [5, 5.41) is 2.95. The summed E-state index contributed by atoms with van der Waals surface area (Å²) >= 11 is 0. The van der Waals surface area contributed by atoms with Gasteiger partial charge in [0.1, 0.15) is 5.60 Å². The summed E-state index contributed by atoms with van der Waals surface area (Å²) < 4.78 is 5.89. The van der Waals surface area contributed by atoms with Gasteiger partial charge in [0.2, 0.25) is 5.91 Å². The fraction of sp³-hybridized carbons (Fsp3) is 0.300. The number of carbonyl (C=O) groups excluding carboxylic acids is 1. The van der Waals surface area contributed by atoms with E-state index < -0.39 is 0 Å². The van der Waals surface area contributed by atoms with E-state index >= 15 is 0 Å². The van der Waals surface area contributed by atoms with Gasteiger partial charge >= 0.3 is 0 Å². The molecule has 3 heterocycles. The molecule has 186 valence electrons. The molecule has 0 saturated heterocycles. The minimum atomic E-state index is -0.258. The Hall–Kier alpha value is -3.93. The number of benzene rings is 1. The lowest BCUT2D eigenvalue weighted by atomic mass is 10.0. The lowest BCUT2D eigenvalue weighted by Gasteiger charge is -2.33. The number of anilines is 1. The number of hydrogen-bond acceptors (Lipinski definition) is 5. The zero-order valence-corrected chi connectivity index (χ0v) is 21.5. The molecular weight excluding hydrogens is 448 g/mol. The van der Waals surface area contributed by atoms with Gasteiger partial charge in [-0.2, -0.15) is 0 Å². The van der Waals surface area contributed by atoms with Crippen LogP contribution >= 0.6 is 0 Å². The minimum absolute atomic E-state index is 0.0676. The molecule has 4 rings (SSSR count). The fourth-order valence-electron chi connectivity index (χ4n) is 4.13. The maximum Gasteiger partial charge on any atom is 0.228 e. The van der Waals surface area contributed by atoms with Gasteiger partial charge in [-0.05, 0) is 87.2 Å². The molecule has 1 N–H and O–H groups in total. The van der Waals surface area contributed by atoms with Gasteiger partial charge in [-0.25, -0.2) is 0 Å². The second-order valence-electron chi connectivity index (χ2n) is 10.1. The molecule has 36 heavy (non-hydrogen) atoms. The van der Waals surface area contributed by atoms with Crippen molar-refractivity contribution in [2.75, 3.05) is 18.4 Å². The highest BCUT2D eigenvalue weighted by atomic mass is 16.5. The van der Waals surface area contributed by atoms with Crippen LogP contribution in [0, 0.1) is 6.92 Å². The minimum Gasteiger partial charge on any atom is -0.474 e. The zero-order chi connectivity index (χ0) is 25.7. The average Bonchev–Trinajstić information content (AvgIpc) is 2.84. The van der Waals surface area contributed by atoms with Gasteiger partial charge in [0.15, 0.2) is 5.88 Å². The van der Waals surface area contributed by atoms with E-state index in [-0.39, 0.29) is 11.5 Å². The van der Waals surface area contributed by atoms with Crippen molar-refractivity contribution in [3.8, 4) is 11.1 Å². The van der Waals surface area contributed by atoms with Crippen LogP contribution in [-0.4, -0.2) is 39.5 Å². The van der Waals surface area contributed by atoms with Crippen LogP contribution in [0.4, 0.5) is 5.69 Å². The maximum absolute atomic E-state index is 12.6. The fourth-order valence-corrected chi connectivity index (χ4v) is 4.13. The van der Waals surface area contributed by atoms with Gasteiger partial charge in [-0.1, -0.05) is 30.3 Å². The van der Waals surface area contributed by atoms with Crippen LogP contribution in [0.3, 0.4) is 0 Å². The van der Waals surface area contributed by atoms with Crippen LogP contribution in [0.5, 0.6) is 0 Å². The summed E-state index contributed by atoms with van der Waals surface area (Å²) in [7, 11) is 0. The number of hydrogen-bond donors (Lipinski definition) is 1. The first kappa shape index (κ1) is 25.2. The number of rotatable bonds is 7. The third-order valence-electron chi connectivity index (χ3n) is 5.91. The number of nitrogens with zero attached hydrogens (tertiary/aromatic N) is 3. The molecule has 0 aliphatic carbocycles. The van der Waals surface area contributed by atoms with Crippen molar-refractivity contribution in [1.82, 2.24) is 14.9 Å². The third kappa shape index (κ3) is 6.81. The van der Waals surface area contributed by atoms with Crippen LogP contribution in [-0.2, 0) is 16.0 Å². The van der Waals surface area contributed by atoms with E-state index in [1.54, 1.807) is 6.20 Å². The Labute approximate surface area is 213 Å². The molecule has 0 saturated carbocycles. The summed E-state index contributed by atoms with van der Waals surface area (Å²) in [6, 6.07) is 16.0. The molecule has 0 spiro atoms. The van der Waals surface area contributed by atoms with Gasteiger partial charge < -0.3 is 15.0 Å². The summed E-state index contributed by atoms with van der Waals surface area (Å²) in [4.78, 5) is 23.5. The molecule has 0 unspecified atom stereocenters. The third-order valence-corrected chi connectivity index (χ3v) is 5.91. The molecule has 0 bridgehead atoms. The van der Waals surface area contributed by atoms with Crippen LogP contribution in [0.2, 0.25) is 0 Å². The van der Waals surface area contributed by atoms with Crippen molar-refractivity contribution in [3.05, 3.63) is 96.4 Å². The largest absolute Gasteiger partial charge is 0.474 e. The zero-order valence-electron chi connectivity index (χ0n) is 21.5. The molecule has 3 aromatic rings. The highest BCUT2D eigenvalue weighted by Crippen LogP contribution is 2.25. The van der Waals surface area contributed by atoms with E-state index in [0.717, 1.165) is 47.6 Å². The maximum atomic E-state index is 12.6. The van der Waals surface area contributed by atoms with Crippen molar-refractivity contribution in [1.29, 1.82) is 0 Å². The van der Waals surface area contributed by atoms with E-state index in [9.17, 15) is 4.79 Å². The van der Waals surface area contributed by atoms with Gasteiger partial charge in [0, 0.05) is 25.0 Å². The van der Waals surface area contributed by atoms with Crippen molar-refractivity contribution < 1.29 is 9.53 Å². The average molecular weight is 483 g/mol. The Morgan fingerprint density at radius 1 is 1.08 bits per heavy atom. The topological polar surface area (TPSA) is 67.3 Å². The first-order valence-electron chi connectivity index (χ1n) is 12.3. The summed E-state index contributed by atoms with van der Waals surface area (Å²) in [5.74, 6) is 0.632. The molecule has 0 atom stereocenters. The molecular formula is C30H34N4O2. The molecule has 1 amide bonds. The summed E-state index contributed by atoms with van der Waals surface area (Å²) in [5.41, 5.74) is 6.72. The Balaban J connectivity index is 1.30. The Morgan fingerprint density at radius 2 is 1.86 bits per heavy atom. The lowest BCUT2D eigenvalue weighted by molar-refractivity contribution is -0.115. The molecule has 0 radical (unpaired) electrons. The van der Waals surface area contributed by atoms with Gasteiger partial charge in [-0.3, -0.25) is 14.8 Å². The first-order valence-corrected chi connectivity index (χ1v) is 12.3. The molecule has 1 aliphatic heterocycles. The van der Waals surface area contributed by atoms with Crippen molar-refractivity contribution in [2.24, 2.45) is 0 Å². The monoisotopic (exact) mass is 482 g/mol. The molecule has 6 heteroatoms. The second-order valence-corrected chi connectivity index (χ2v) is 10.1. The Bertz CT molecular complexity index is 1260. The molecule has 1 aliphatic rings. The van der Waals surface area contributed by atoms with Crippen LogP contribution in [0.25, 0.3) is 16.7 Å². The SMILES string of the molecule is C=C(OC(C)(C)C)N1CC=C(c2ccc(NC(=O)Cc3ccc(-c4ccnc(C)c4)cc3)cn2)CC1. The van der Waals surface area contributed by atoms with E-state index in [1.165, 1.54) is 5.57 Å². The summed E-state index contributed by atoms with van der Waals surface area (Å²) in [6.45, 7) is 13.7. The standard InChI is InChI=1S/C30H34N4O2/c1-21-18-26(12-15-31-21)24-8-6-23(7-9-24)19-29(35)33-27-10-11-28(32-20-27)25-13-16-34(17-14-25)22(2)36-30(3,4)5/h6-13,15,18,20H,2,14,16-17,19H2,1,3-5H3,(H,33,35).